The number of nitrogens with zero attached hydrogens (tertiary/aromatic N) is 1. The third kappa shape index (κ3) is 4.12. The molecule has 1 saturated carbocycles. The monoisotopic (exact) mass is 226 g/mol. The highest BCUT2D eigenvalue weighted by Crippen LogP contribution is 2.23. The summed E-state index contributed by atoms with van der Waals surface area (Å²) >= 11 is 0. The van der Waals surface area contributed by atoms with Gasteiger partial charge in [-0.1, -0.05) is 26.7 Å². The second-order valence-corrected chi connectivity index (χ2v) is 4.98. The highest BCUT2D eigenvalue weighted by molar-refractivity contribution is 5.76. The Hall–Kier alpha value is -0.570. The molecule has 0 radical (unpaired) electrons. The molecule has 0 unspecified atom stereocenters. The van der Waals surface area contributed by atoms with Gasteiger partial charge in [-0.15, -0.1) is 0 Å². The molecule has 0 aromatic carbocycles. The van der Waals surface area contributed by atoms with E-state index >= 15 is 0 Å². The Morgan fingerprint density at radius 2 is 2.00 bits per heavy atom. The van der Waals surface area contributed by atoms with Crippen LogP contribution in [0.5, 0.6) is 0 Å². The zero-order valence-electron chi connectivity index (χ0n) is 11.0. The molecule has 0 aromatic rings. The van der Waals surface area contributed by atoms with E-state index in [4.69, 9.17) is 0 Å². The van der Waals surface area contributed by atoms with E-state index in [1.807, 2.05) is 0 Å². The molecule has 0 bridgehead atoms. The molecule has 16 heavy (non-hydrogen) atoms. The van der Waals surface area contributed by atoms with Crippen LogP contribution in [0.15, 0.2) is 0 Å². The van der Waals surface area contributed by atoms with Crippen LogP contribution in [0.2, 0.25) is 0 Å². The minimum atomic E-state index is 0.322. The van der Waals surface area contributed by atoms with Crippen LogP contribution in [-0.2, 0) is 4.79 Å². The Balaban J connectivity index is 2.31. The predicted octanol–water partition coefficient (Wildman–Crippen LogP) is 2.17. The van der Waals surface area contributed by atoms with Crippen molar-refractivity contribution in [2.75, 3.05) is 13.1 Å². The van der Waals surface area contributed by atoms with Crippen LogP contribution in [0.4, 0.5) is 0 Å². The SMILES string of the molecule is CCN(C(=O)CCNC(C)C)C1CCCC1. The first-order valence-electron chi connectivity index (χ1n) is 6.68. The van der Waals surface area contributed by atoms with E-state index in [2.05, 4.69) is 31.0 Å². The zero-order chi connectivity index (χ0) is 12.0. The number of carbonyl (C=O) groups excluding carboxylic acids is 1. The van der Waals surface area contributed by atoms with Gasteiger partial charge in [0.25, 0.3) is 0 Å². The van der Waals surface area contributed by atoms with E-state index in [9.17, 15) is 4.79 Å². The van der Waals surface area contributed by atoms with E-state index in [0.29, 0.717) is 24.4 Å². The number of rotatable bonds is 6. The van der Waals surface area contributed by atoms with Gasteiger partial charge in [0.05, 0.1) is 0 Å². The fourth-order valence-electron chi connectivity index (χ4n) is 2.47. The molecular formula is C13H26N2O. The van der Waals surface area contributed by atoms with Crippen molar-refractivity contribution in [3.05, 3.63) is 0 Å². The van der Waals surface area contributed by atoms with E-state index in [1.54, 1.807) is 0 Å². The van der Waals surface area contributed by atoms with Gasteiger partial charge in [0.1, 0.15) is 0 Å². The molecule has 1 rings (SSSR count). The summed E-state index contributed by atoms with van der Waals surface area (Å²) in [5.74, 6) is 0.322. The Bertz CT molecular complexity index is 210. The van der Waals surface area contributed by atoms with Gasteiger partial charge in [-0.05, 0) is 19.8 Å². The fourth-order valence-corrected chi connectivity index (χ4v) is 2.47. The third-order valence-corrected chi connectivity index (χ3v) is 3.32. The lowest BCUT2D eigenvalue weighted by Gasteiger charge is -2.28. The molecule has 1 N–H and O–H groups in total. The van der Waals surface area contributed by atoms with Crippen LogP contribution in [0.25, 0.3) is 0 Å². The van der Waals surface area contributed by atoms with Crippen molar-refractivity contribution < 1.29 is 4.79 Å². The summed E-state index contributed by atoms with van der Waals surface area (Å²) in [6.45, 7) is 7.98. The molecule has 0 spiro atoms. The number of hydrogen-bond acceptors (Lipinski definition) is 2. The normalized spacial score (nSPS) is 17.0. The van der Waals surface area contributed by atoms with Crippen molar-refractivity contribution in [2.24, 2.45) is 0 Å². The van der Waals surface area contributed by atoms with Gasteiger partial charge in [0, 0.05) is 31.6 Å². The minimum Gasteiger partial charge on any atom is -0.340 e. The van der Waals surface area contributed by atoms with Crippen molar-refractivity contribution in [3.63, 3.8) is 0 Å². The predicted molar refractivity (Wildman–Crippen MR) is 67.4 cm³/mol. The summed E-state index contributed by atoms with van der Waals surface area (Å²) in [7, 11) is 0. The first-order valence-corrected chi connectivity index (χ1v) is 6.68. The molecule has 0 saturated heterocycles. The van der Waals surface area contributed by atoms with Gasteiger partial charge < -0.3 is 10.2 Å². The number of carbonyl (C=O) groups is 1. The number of nitrogens with one attached hydrogen (secondary N) is 1. The second-order valence-electron chi connectivity index (χ2n) is 4.98. The third-order valence-electron chi connectivity index (χ3n) is 3.32. The standard InChI is InChI=1S/C13H26N2O/c1-4-15(12-7-5-6-8-12)13(16)9-10-14-11(2)3/h11-12,14H,4-10H2,1-3H3. The lowest BCUT2D eigenvalue weighted by atomic mass is 10.2. The van der Waals surface area contributed by atoms with Crippen LogP contribution in [-0.4, -0.2) is 36.0 Å². The topological polar surface area (TPSA) is 32.3 Å². The van der Waals surface area contributed by atoms with Crippen LogP contribution in [0.3, 0.4) is 0 Å². The fraction of sp³-hybridized carbons (Fsp3) is 0.923. The van der Waals surface area contributed by atoms with Crippen molar-refractivity contribution in [1.29, 1.82) is 0 Å². The Kier molecular flexibility index (Phi) is 5.81. The lowest BCUT2D eigenvalue weighted by Crippen LogP contribution is -2.40. The number of amides is 1. The summed E-state index contributed by atoms with van der Waals surface area (Å²) in [4.78, 5) is 14.1. The van der Waals surface area contributed by atoms with E-state index in [0.717, 1.165) is 13.1 Å². The minimum absolute atomic E-state index is 0.322. The summed E-state index contributed by atoms with van der Waals surface area (Å²) in [6.07, 6.45) is 5.63. The molecule has 1 aliphatic carbocycles. The van der Waals surface area contributed by atoms with Gasteiger partial charge in [-0.25, -0.2) is 0 Å². The molecule has 3 nitrogen and oxygen atoms in total. The van der Waals surface area contributed by atoms with Crippen molar-refractivity contribution >= 4 is 5.91 Å². The van der Waals surface area contributed by atoms with Crippen molar-refractivity contribution in [3.8, 4) is 0 Å². The van der Waals surface area contributed by atoms with Crippen molar-refractivity contribution in [1.82, 2.24) is 10.2 Å². The first-order chi connectivity index (χ1) is 7.65. The molecule has 1 amide bonds. The average molecular weight is 226 g/mol. The van der Waals surface area contributed by atoms with Crippen LogP contribution >= 0.6 is 0 Å². The van der Waals surface area contributed by atoms with Gasteiger partial charge in [0.2, 0.25) is 5.91 Å². The highest BCUT2D eigenvalue weighted by atomic mass is 16.2. The zero-order valence-corrected chi connectivity index (χ0v) is 11.0. The molecule has 3 heteroatoms. The van der Waals surface area contributed by atoms with Crippen LogP contribution in [0.1, 0.15) is 52.9 Å². The molecular weight excluding hydrogens is 200 g/mol. The molecule has 1 aliphatic rings. The Morgan fingerprint density at radius 3 is 2.50 bits per heavy atom. The van der Waals surface area contributed by atoms with Gasteiger partial charge >= 0.3 is 0 Å². The maximum absolute atomic E-state index is 12.0. The van der Waals surface area contributed by atoms with Crippen LogP contribution in [0, 0.1) is 0 Å². The highest BCUT2D eigenvalue weighted by Gasteiger charge is 2.24. The quantitative estimate of drug-likeness (QED) is 0.753. The average Bonchev–Trinajstić information content (AvgIpc) is 2.71. The Labute approximate surface area is 99.6 Å². The van der Waals surface area contributed by atoms with Gasteiger partial charge in [-0.3, -0.25) is 4.79 Å². The first kappa shape index (κ1) is 13.5. The lowest BCUT2D eigenvalue weighted by molar-refractivity contribution is -0.133. The summed E-state index contributed by atoms with van der Waals surface area (Å²) in [5.41, 5.74) is 0. The smallest absolute Gasteiger partial charge is 0.224 e. The molecule has 0 heterocycles. The summed E-state index contributed by atoms with van der Waals surface area (Å²) in [5, 5.41) is 3.30. The van der Waals surface area contributed by atoms with Crippen molar-refractivity contribution in [2.45, 2.75) is 65.0 Å². The summed E-state index contributed by atoms with van der Waals surface area (Å²) < 4.78 is 0. The molecule has 0 atom stereocenters. The molecule has 0 aromatic heterocycles. The summed E-state index contributed by atoms with van der Waals surface area (Å²) in [6, 6.07) is 0.992. The van der Waals surface area contributed by atoms with E-state index < -0.39 is 0 Å². The van der Waals surface area contributed by atoms with Gasteiger partial charge in [0.15, 0.2) is 0 Å². The molecule has 1 fully saturated rings. The van der Waals surface area contributed by atoms with E-state index in [1.165, 1.54) is 25.7 Å². The molecule has 0 aliphatic heterocycles. The molecule has 94 valence electrons. The number of hydrogen-bond donors (Lipinski definition) is 1. The Morgan fingerprint density at radius 1 is 1.38 bits per heavy atom. The van der Waals surface area contributed by atoms with Crippen LogP contribution < -0.4 is 5.32 Å². The van der Waals surface area contributed by atoms with E-state index in [-0.39, 0.29) is 0 Å². The second kappa shape index (κ2) is 6.89. The maximum atomic E-state index is 12.0. The maximum Gasteiger partial charge on any atom is 0.224 e. The van der Waals surface area contributed by atoms with Gasteiger partial charge in [-0.2, -0.15) is 0 Å². The largest absolute Gasteiger partial charge is 0.340 e.